The molecule has 1 fully saturated rings. The number of hydrazone groups is 1. The summed E-state index contributed by atoms with van der Waals surface area (Å²) >= 11 is 5.89. The molecule has 1 aliphatic rings. The van der Waals surface area contributed by atoms with E-state index in [9.17, 15) is 4.79 Å². The number of nitrogens with zero attached hydrogens (tertiary/aromatic N) is 1. The van der Waals surface area contributed by atoms with Crippen LogP contribution in [-0.2, 0) is 4.79 Å². The van der Waals surface area contributed by atoms with Gasteiger partial charge in [-0.1, -0.05) is 30.9 Å². The Morgan fingerprint density at radius 2 is 1.91 bits per heavy atom. The Kier molecular flexibility index (Phi) is 6.72. The maximum Gasteiger partial charge on any atom is 0.277 e. The minimum atomic E-state index is -0.232. The second-order valence-corrected chi connectivity index (χ2v) is 6.12. The van der Waals surface area contributed by atoms with E-state index in [2.05, 4.69) is 10.5 Å². The van der Waals surface area contributed by atoms with E-state index in [0.717, 1.165) is 37.0 Å². The van der Waals surface area contributed by atoms with Gasteiger partial charge in [0.15, 0.2) is 6.61 Å². The van der Waals surface area contributed by atoms with E-state index >= 15 is 0 Å². The number of rotatable bonds is 4. The number of nitrogens with one attached hydrogen (secondary N) is 1. The normalized spacial score (nSPS) is 15.6. The van der Waals surface area contributed by atoms with Gasteiger partial charge in [-0.05, 0) is 56.4 Å². The van der Waals surface area contributed by atoms with E-state index in [1.54, 1.807) is 12.1 Å². The lowest BCUT2D eigenvalue weighted by Gasteiger charge is -2.11. The number of halogens is 1. The Hall–Kier alpha value is -1.55. The fourth-order valence-electron chi connectivity index (χ4n) is 2.52. The molecule has 0 unspecified atom stereocenters. The molecule has 0 heterocycles. The summed E-state index contributed by atoms with van der Waals surface area (Å²) in [7, 11) is 0. The number of benzene rings is 1. The van der Waals surface area contributed by atoms with Crippen molar-refractivity contribution in [1.82, 2.24) is 5.43 Å². The van der Waals surface area contributed by atoms with Crippen molar-refractivity contribution in [3.63, 3.8) is 0 Å². The largest absolute Gasteiger partial charge is 0.483 e. The molecular formula is C17H23ClN2O2. The highest BCUT2D eigenvalue weighted by Gasteiger charge is 2.07. The zero-order valence-electron chi connectivity index (χ0n) is 13.0. The summed E-state index contributed by atoms with van der Waals surface area (Å²) in [6.07, 6.45) is 8.12. The molecule has 5 heteroatoms. The summed E-state index contributed by atoms with van der Waals surface area (Å²) in [5, 5.41) is 4.91. The van der Waals surface area contributed by atoms with Gasteiger partial charge >= 0.3 is 0 Å². The molecule has 4 nitrogen and oxygen atoms in total. The van der Waals surface area contributed by atoms with Gasteiger partial charge in [-0.3, -0.25) is 4.79 Å². The SMILES string of the molecule is Cc1cc(Cl)ccc1OCC(=O)NN=C1CCCCCCC1. The molecule has 1 saturated carbocycles. The van der Waals surface area contributed by atoms with Crippen LogP contribution in [0.15, 0.2) is 23.3 Å². The number of amides is 1. The summed E-state index contributed by atoms with van der Waals surface area (Å²) in [5.74, 6) is 0.432. The molecule has 22 heavy (non-hydrogen) atoms. The summed E-state index contributed by atoms with van der Waals surface area (Å²) < 4.78 is 5.50. The minimum Gasteiger partial charge on any atom is -0.483 e. The van der Waals surface area contributed by atoms with Crippen LogP contribution in [0.2, 0.25) is 5.02 Å². The molecule has 0 atom stereocenters. The number of hydrogen-bond donors (Lipinski definition) is 1. The fraction of sp³-hybridized carbons (Fsp3) is 0.529. The highest BCUT2D eigenvalue weighted by atomic mass is 35.5. The highest BCUT2D eigenvalue weighted by Crippen LogP contribution is 2.21. The lowest BCUT2D eigenvalue weighted by Crippen LogP contribution is -2.26. The highest BCUT2D eigenvalue weighted by molar-refractivity contribution is 6.30. The van der Waals surface area contributed by atoms with Gasteiger partial charge in [-0.25, -0.2) is 5.43 Å². The number of hydrogen-bond acceptors (Lipinski definition) is 3. The molecular weight excluding hydrogens is 300 g/mol. The first-order valence-electron chi connectivity index (χ1n) is 7.88. The smallest absolute Gasteiger partial charge is 0.277 e. The van der Waals surface area contributed by atoms with Gasteiger partial charge in [0, 0.05) is 10.7 Å². The van der Waals surface area contributed by atoms with E-state index < -0.39 is 0 Å². The van der Waals surface area contributed by atoms with Crippen molar-refractivity contribution in [3.05, 3.63) is 28.8 Å². The third-order valence-corrected chi connectivity index (χ3v) is 4.00. The quantitative estimate of drug-likeness (QED) is 0.843. The van der Waals surface area contributed by atoms with Crippen LogP contribution >= 0.6 is 11.6 Å². The van der Waals surface area contributed by atoms with Crippen LogP contribution in [0.3, 0.4) is 0 Å². The van der Waals surface area contributed by atoms with Crippen molar-refractivity contribution >= 4 is 23.2 Å². The molecule has 1 aromatic carbocycles. The Labute approximate surface area is 136 Å². The van der Waals surface area contributed by atoms with Crippen molar-refractivity contribution in [1.29, 1.82) is 0 Å². The third-order valence-electron chi connectivity index (χ3n) is 3.77. The molecule has 1 aromatic rings. The molecule has 0 saturated heterocycles. The zero-order chi connectivity index (χ0) is 15.8. The average molecular weight is 323 g/mol. The monoisotopic (exact) mass is 322 g/mol. The van der Waals surface area contributed by atoms with Crippen molar-refractivity contribution < 1.29 is 9.53 Å². The summed E-state index contributed by atoms with van der Waals surface area (Å²) in [5.41, 5.74) is 4.60. The van der Waals surface area contributed by atoms with Crippen LogP contribution in [0, 0.1) is 6.92 Å². The van der Waals surface area contributed by atoms with E-state index in [4.69, 9.17) is 16.3 Å². The van der Waals surface area contributed by atoms with Crippen LogP contribution in [0.25, 0.3) is 0 Å². The van der Waals surface area contributed by atoms with Gasteiger partial charge in [0.1, 0.15) is 5.75 Å². The number of ether oxygens (including phenoxy) is 1. The maximum absolute atomic E-state index is 11.8. The zero-order valence-corrected chi connectivity index (χ0v) is 13.8. The first-order valence-corrected chi connectivity index (χ1v) is 8.26. The lowest BCUT2D eigenvalue weighted by atomic mass is 9.99. The summed E-state index contributed by atoms with van der Waals surface area (Å²) in [6.45, 7) is 1.85. The van der Waals surface area contributed by atoms with E-state index in [-0.39, 0.29) is 12.5 Å². The number of aryl methyl sites for hydroxylation is 1. The van der Waals surface area contributed by atoms with Gasteiger partial charge in [-0.15, -0.1) is 0 Å². The van der Waals surface area contributed by atoms with Gasteiger partial charge < -0.3 is 4.74 Å². The van der Waals surface area contributed by atoms with Gasteiger partial charge in [0.05, 0.1) is 0 Å². The molecule has 1 aliphatic carbocycles. The molecule has 0 aliphatic heterocycles. The van der Waals surface area contributed by atoms with Crippen molar-refractivity contribution in [3.8, 4) is 5.75 Å². The van der Waals surface area contributed by atoms with E-state index in [1.807, 2.05) is 13.0 Å². The van der Waals surface area contributed by atoms with Crippen LogP contribution in [0.1, 0.15) is 50.5 Å². The molecule has 0 aromatic heterocycles. The molecule has 0 radical (unpaired) electrons. The second kappa shape index (κ2) is 8.79. The average Bonchev–Trinajstić information content (AvgIpc) is 2.45. The second-order valence-electron chi connectivity index (χ2n) is 5.68. The molecule has 2 rings (SSSR count). The molecule has 0 spiro atoms. The summed E-state index contributed by atoms with van der Waals surface area (Å²) in [6, 6.07) is 5.33. The van der Waals surface area contributed by atoms with Crippen molar-refractivity contribution in [2.45, 2.75) is 51.9 Å². The van der Waals surface area contributed by atoms with Gasteiger partial charge in [0.25, 0.3) is 5.91 Å². The van der Waals surface area contributed by atoms with Gasteiger partial charge in [0.2, 0.25) is 0 Å². The molecule has 120 valence electrons. The third kappa shape index (κ3) is 5.68. The minimum absolute atomic E-state index is 0.0424. The van der Waals surface area contributed by atoms with Crippen LogP contribution < -0.4 is 10.2 Å². The Bertz CT molecular complexity index is 533. The Morgan fingerprint density at radius 1 is 1.23 bits per heavy atom. The Balaban J connectivity index is 1.79. The van der Waals surface area contributed by atoms with Gasteiger partial charge in [-0.2, -0.15) is 5.10 Å². The first-order chi connectivity index (χ1) is 10.6. The first kappa shape index (κ1) is 16.8. The number of carbonyl (C=O) groups is 1. The van der Waals surface area contributed by atoms with Crippen LogP contribution in [-0.4, -0.2) is 18.2 Å². The molecule has 1 N–H and O–H groups in total. The number of carbonyl (C=O) groups excluding carboxylic acids is 1. The Morgan fingerprint density at radius 3 is 2.59 bits per heavy atom. The maximum atomic E-state index is 11.8. The predicted molar refractivity (Wildman–Crippen MR) is 89.6 cm³/mol. The van der Waals surface area contributed by atoms with Crippen molar-refractivity contribution in [2.24, 2.45) is 5.10 Å². The van der Waals surface area contributed by atoms with Crippen molar-refractivity contribution in [2.75, 3.05) is 6.61 Å². The van der Waals surface area contributed by atoms with E-state index in [0.29, 0.717) is 10.8 Å². The predicted octanol–water partition coefficient (Wildman–Crippen LogP) is 4.24. The molecule has 0 bridgehead atoms. The molecule has 1 amide bonds. The van der Waals surface area contributed by atoms with Crippen LogP contribution in [0.5, 0.6) is 5.75 Å². The standard InChI is InChI=1S/C17H23ClN2O2/c1-13-11-14(18)9-10-16(13)22-12-17(21)20-19-15-7-5-3-2-4-6-8-15/h9-11H,2-8,12H2,1H3,(H,20,21). The lowest BCUT2D eigenvalue weighted by molar-refractivity contribution is -0.123. The van der Waals surface area contributed by atoms with E-state index in [1.165, 1.54) is 19.3 Å². The topological polar surface area (TPSA) is 50.7 Å². The summed E-state index contributed by atoms with van der Waals surface area (Å²) in [4.78, 5) is 11.8. The van der Waals surface area contributed by atoms with Crippen LogP contribution in [0.4, 0.5) is 0 Å². The fourth-order valence-corrected chi connectivity index (χ4v) is 2.74.